The van der Waals surface area contributed by atoms with Gasteiger partial charge in [0, 0.05) is 13.1 Å². The minimum Gasteiger partial charge on any atom is -0.507 e. The molecule has 0 aliphatic heterocycles. The number of unbranched alkanes of at least 4 members (excludes halogenated alkanes) is 1. The summed E-state index contributed by atoms with van der Waals surface area (Å²) in [5, 5.41) is 10.0. The van der Waals surface area contributed by atoms with Crippen molar-refractivity contribution in [2.24, 2.45) is 0 Å². The molecule has 0 aliphatic rings. The van der Waals surface area contributed by atoms with Crippen LogP contribution in [0.2, 0.25) is 0 Å². The minimum atomic E-state index is -0.872. The summed E-state index contributed by atoms with van der Waals surface area (Å²) in [7, 11) is 0. The lowest BCUT2D eigenvalue weighted by Gasteiger charge is -2.24. The smallest absolute Gasteiger partial charge is 0.342 e. The molecule has 2 rings (SSSR count). The van der Waals surface area contributed by atoms with Crippen LogP contribution in [0.1, 0.15) is 49.0 Å². The third kappa shape index (κ3) is 5.33. The standard InChI is InChI=1S/C21H28N4O6/c1-4-6-11-24(16-18(22)25(10-5-2)21(30)23-19(16)28)15(26)12-31-20(29)14-9-7-8-13(3)17(14)27/h7-9,27H,4-6,10-12,22H2,1-3H3,(H,23,28,30). The highest BCUT2D eigenvalue weighted by Crippen LogP contribution is 2.22. The van der Waals surface area contributed by atoms with Gasteiger partial charge in [-0.15, -0.1) is 0 Å². The molecule has 0 unspecified atom stereocenters. The first-order valence-corrected chi connectivity index (χ1v) is 10.1. The van der Waals surface area contributed by atoms with Gasteiger partial charge in [0.2, 0.25) is 0 Å². The molecule has 1 amide bonds. The van der Waals surface area contributed by atoms with Crippen LogP contribution in [-0.2, 0) is 16.1 Å². The molecule has 0 atom stereocenters. The molecule has 1 aromatic heterocycles. The quantitative estimate of drug-likeness (QED) is 0.509. The molecule has 0 saturated heterocycles. The molecular formula is C21H28N4O6. The zero-order chi connectivity index (χ0) is 23.1. The van der Waals surface area contributed by atoms with E-state index in [4.69, 9.17) is 10.5 Å². The molecule has 1 aromatic carbocycles. The first kappa shape index (κ1) is 23.7. The Balaban J connectivity index is 2.32. The third-order valence-electron chi connectivity index (χ3n) is 4.75. The van der Waals surface area contributed by atoms with Gasteiger partial charge in [-0.3, -0.25) is 19.1 Å². The number of phenols is 1. The summed E-state index contributed by atoms with van der Waals surface area (Å²) in [6.45, 7) is 5.14. The van der Waals surface area contributed by atoms with E-state index >= 15 is 0 Å². The number of carbonyl (C=O) groups excluding carboxylic acids is 2. The Labute approximate surface area is 179 Å². The molecule has 0 aliphatic carbocycles. The van der Waals surface area contributed by atoms with Crippen molar-refractivity contribution < 1.29 is 19.4 Å². The number of amides is 1. The number of hydrogen-bond acceptors (Lipinski definition) is 7. The molecule has 168 valence electrons. The number of aromatic nitrogens is 2. The molecule has 0 saturated carbocycles. The number of nitrogens with zero attached hydrogens (tertiary/aromatic N) is 2. The number of aromatic hydroxyl groups is 1. The zero-order valence-corrected chi connectivity index (χ0v) is 17.9. The number of carbonyl (C=O) groups is 2. The van der Waals surface area contributed by atoms with E-state index in [2.05, 4.69) is 4.98 Å². The first-order chi connectivity index (χ1) is 14.7. The van der Waals surface area contributed by atoms with Crippen LogP contribution in [0.4, 0.5) is 11.5 Å². The van der Waals surface area contributed by atoms with Crippen LogP contribution < -0.4 is 21.9 Å². The number of nitrogen functional groups attached to an aromatic ring is 1. The van der Waals surface area contributed by atoms with Gasteiger partial charge in [0.15, 0.2) is 12.3 Å². The number of benzene rings is 1. The van der Waals surface area contributed by atoms with Crippen LogP contribution in [0.3, 0.4) is 0 Å². The van der Waals surface area contributed by atoms with Crippen LogP contribution in [0, 0.1) is 6.92 Å². The van der Waals surface area contributed by atoms with E-state index in [-0.39, 0.29) is 35.9 Å². The highest BCUT2D eigenvalue weighted by Gasteiger charge is 2.25. The molecule has 0 spiro atoms. The summed E-state index contributed by atoms with van der Waals surface area (Å²) >= 11 is 0. The van der Waals surface area contributed by atoms with Crippen LogP contribution in [0.5, 0.6) is 5.75 Å². The summed E-state index contributed by atoms with van der Waals surface area (Å²) in [4.78, 5) is 53.1. The summed E-state index contributed by atoms with van der Waals surface area (Å²) < 4.78 is 6.27. The normalized spacial score (nSPS) is 10.7. The molecule has 10 heteroatoms. The summed E-state index contributed by atoms with van der Waals surface area (Å²) in [5.41, 5.74) is 4.90. The molecule has 0 fully saturated rings. The molecule has 1 heterocycles. The van der Waals surface area contributed by atoms with Crippen LogP contribution >= 0.6 is 0 Å². The fourth-order valence-electron chi connectivity index (χ4n) is 3.07. The Bertz CT molecular complexity index is 1070. The minimum absolute atomic E-state index is 0.0678. The number of aromatic amines is 1. The maximum atomic E-state index is 12.9. The SMILES string of the molecule is CCCCN(C(=O)COC(=O)c1cccc(C)c1O)c1c(N)n(CCC)c(=O)[nH]c1=O. The predicted octanol–water partition coefficient (Wildman–Crippen LogP) is 1.53. The number of para-hydroxylation sites is 1. The van der Waals surface area contributed by atoms with Gasteiger partial charge in [0.05, 0.1) is 0 Å². The number of hydrogen-bond donors (Lipinski definition) is 3. The van der Waals surface area contributed by atoms with Crippen LogP contribution in [0.25, 0.3) is 0 Å². The number of phenolic OH excluding ortho intramolecular Hbond substituents is 1. The summed E-state index contributed by atoms with van der Waals surface area (Å²) in [6, 6.07) is 4.59. The van der Waals surface area contributed by atoms with E-state index in [9.17, 15) is 24.3 Å². The maximum Gasteiger partial charge on any atom is 0.342 e. The number of H-pyrrole nitrogens is 1. The second-order valence-corrected chi connectivity index (χ2v) is 7.09. The van der Waals surface area contributed by atoms with Crippen molar-refractivity contribution in [3.8, 4) is 5.75 Å². The molecule has 2 aromatic rings. The van der Waals surface area contributed by atoms with Crippen molar-refractivity contribution in [1.29, 1.82) is 0 Å². The topological polar surface area (TPSA) is 148 Å². The summed E-state index contributed by atoms with van der Waals surface area (Å²) in [5.74, 6) is -1.89. The van der Waals surface area contributed by atoms with E-state index in [0.717, 1.165) is 11.3 Å². The van der Waals surface area contributed by atoms with Gasteiger partial charge in [0.1, 0.15) is 17.1 Å². The lowest BCUT2D eigenvalue weighted by Crippen LogP contribution is -2.43. The molecule has 31 heavy (non-hydrogen) atoms. The van der Waals surface area contributed by atoms with E-state index in [0.29, 0.717) is 18.4 Å². The second-order valence-electron chi connectivity index (χ2n) is 7.09. The number of ether oxygens (including phenoxy) is 1. The number of esters is 1. The number of nitrogens with one attached hydrogen (secondary N) is 1. The number of nitrogens with two attached hydrogens (primary N) is 1. The average molecular weight is 432 g/mol. The molecule has 0 bridgehead atoms. The number of anilines is 2. The molecule has 10 nitrogen and oxygen atoms in total. The second kappa shape index (κ2) is 10.5. The average Bonchev–Trinajstić information content (AvgIpc) is 2.73. The van der Waals surface area contributed by atoms with E-state index in [1.165, 1.54) is 10.6 Å². The Hall–Kier alpha value is -3.56. The first-order valence-electron chi connectivity index (χ1n) is 10.1. The van der Waals surface area contributed by atoms with E-state index in [1.54, 1.807) is 19.1 Å². The van der Waals surface area contributed by atoms with Gasteiger partial charge >= 0.3 is 11.7 Å². The molecular weight excluding hydrogens is 404 g/mol. The van der Waals surface area contributed by atoms with Crippen molar-refractivity contribution in [2.45, 2.75) is 46.6 Å². The number of aryl methyl sites for hydroxylation is 1. The van der Waals surface area contributed by atoms with Gasteiger partial charge in [-0.25, -0.2) is 9.59 Å². The van der Waals surface area contributed by atoms with Crippen molar-refractivity contribution in [3.63, 3.8) is 0 Å². The monoisotopic (exact) mass is 432 g/mol. The van der Waals surface area contributed by atoms with Crippen molar-refractivity contribution >= 4 is 23.4 Å². The lowest BCUT2D eigenvalue weighted by atomic mass is 10.1. The largest absolute Gasteiger partial charge is 0.507 e. The van der Waals surface area contributed by atoms with E-state index < -0.39 is 29.7 Å². The predicted molar refractivity (Wildman–Crippen MR) is 116 cm³/mol. The Morgan fingerprint density at radius 2 is 1.94 bits per heavy atom. The van der Waals surface area contributed by atoms with Gasteiger partial charge in [-0.1, -0.05) is 32.4 Å². The Morgan fingerprint density at radius 1 is 1.23 bits per heavy atom. The highest BCUT2D eigenvalue weighted by molar-refractivity contribution is 5.99. The van der Waals surface area contributed by atoms with Crippen molar-refractivity contribution in [3.05, 3.63) is 50.2 Å². The molecule has 4 N–H and O–H groups in total. The van der Waals surface area contributed by atoms with E-state index in [1.807, 2.05) is 13.8 Å². The lowest BCUT2D eigenvalue weighted by molar-refractivity contribution is -0.121. The fraction of sp³-hybridized carbons (Fsp3) is 0.429. The Morgan fingerprint density at radius 3 is 2.58 bits per heavy atom. The molecule has 0 radical (unpaired) electrons. The van der Waals surface area contributed by atoms with Crippen molar-refractivity contribution in [1.82, 2.24) is 9.55 Å². The third-order valence-corrected chi connectivity index (χ3v) is 4.75. The van der Waals surface area contributed by atoms with Gasteiger partial charge in [0.25, 0.3) is 11.5 Å². The van der Waals surface area contributed by atoms with Crippen LogP contribution in [0.15, 0.2) is 27.8 Å². The van der Waals surface area contributed by atoms with Gasteiger partial charge in [-0.2, -0.15) is 0 Å². The van der Waals surface area contributed by atoms with Crippen LogP contribution in [-0.4, -0.2) is 39.7 Å². The van der Waals surface area contributed by atoms with Crippen molar-refractivity contribution in [2.75, 3.05) is 23.8 Å². The van der Waals surface area contributed by atoms with Gasteiger partial charge in [-0.05, 0) is 31.4 Å². The summed E-state index contributed by atoms with van der Waals surface area (Å²) in [6.07, 6.45) is 1.88. The zero-order valence-electron chi connectivity index (χ0n) is 17.9. The maximum absolute atomic E-state index is 12.9. The fourth-order valence-corrected chi connectivity index (χ4v) is 3.07. The highest BCUT2D eigenvalue weighted by atomic mass is 16.5. The Kier molecular flexibility index (Phi) is 8.00. The van der Waals surface area contributed by atoms with Gasteiger partial charge < -0.3 is 20.5 Å². The number of rotatable bonds is 9.